The molecule has 1 N–H and O–H groups in total. The highest BCUT2D eigenvalue weighted by Gasteiger charge is 2.37. The molecule has 45 heavy (non-hydrogen) atoms. The average molecular weight is 627 g/mol. The van der Waals surface area contributed by atoms with Crippen molar-refractivity contribution < 1.29 is 30.1 Å². The fourth-order valence-electron chi connectivity index (χ4n) is 5.97. The summed E-state index contributed by atoms with van der Waals surface area (Å²) in [6.07, 6.45) is 5.85. The number of terminal acetylenes is 1. The molecule has 0 spiro atoms. The molecule has 1 saturated heterocycles. The van der Waals surface area contributed by atoms with Gasteiger partial charge >= 0.3 is 12.2 Å². The Kier molecular flexibility index (Phi) is 8.57. The third kappa shape index (κ3) is 6.47. The van der Waals surface area contributed by atoms with Gasteiger partial charge in [-0.05, 0) is 62.4 Å². The van der Waals surface area contributed by atoms with Crippen LogP contribution in [0.25, 0.3) is 27.4 Å². The summed E-state index contributed by atoms with van der Waals surface area (Å²) in [5, 5.41) is 10.3. The van der Waals surface area contributed by atoms with Crippen LogP contribution in [0.15, 0.2) is 35.1 Å². The molecule has 238 valence electrons. The predicted molar refractivity (Wildman–Crippen MR) is 166 cm³/mol. The average Bonchev–Trinajstić information content (AvgIpc) is 3.45. The second-order valence-electron chi connectivity index (χ2n) is 11.6. The number of pyridine rings is 1. The topological polar surface area (TPSA) is 80.5 Å². The number of hydrogen-bond acceptors (Lipinski definition) is 6. The highest BCUT2D eigenvalue weighted by molar-refractivity contribution is 5.97. The van der Waals surface area contributed by atoms with Gasteiger partial charge in [-0.15, -0.1) is 6.42 Å². The molecule has 3 heterocycles. The first-order chi connectivity index (χ1) is 22.2. The molecule has 0 bridgehead atoms. The van der Waals surface area contributed by atoms with Gasteiger partial charge in [-0.3, -0.25) is 9.36 Å². The molecule has 11 heteroatoms. The number of unbranched alkanes of at least 4 members (excludes halogenated alkanes) is 3. The summed E-state index contributed by atoms with van der Waals surface area (Å²) in [6, 6.07) is 4.01. The Balaban J connectivity index is 1.82. The summed E-state index contributed by atoms with van der Waals surface area (Å²) >= 11 is 0. The van der Waals surface area contributed by atoms with Crippen molar-refractivity contribution in [2.75, 3.05) is 20.2 Å². The van der Waals surface area contributed by atoms with Crippen LogP contribution < -0.4 is 10.3 Å². The van der Waals surface area contributed by atoms with Crippen LogP contribution in [0.5, 0.6) is 11.8 Å². The van der Waals surface area contributed by atoms with Gasteiger partial charge in [-0.2, -0.15) is 23.1 Å². The Hall–Kier alpha value is -4.17. The van der Waals surface area contributed by atoms with E-state index in [0.717, 1.165) is 50.3 Å². The number of hydrogen-bond donors (Lipinski definition) is 1. The lowest BCUT2D eigenvalue weighted by Gasteiger charge is -2.22. The van der Waals surface area contributed by atoms with E-state index in [1.807, 2.05) is 0 Å². The summed E-state index contributed by atoms with van der Waals surface area (Å²) in [4.78, 5) is 24.8. The number of alkyl halides is 3. The Morgan fingerprint density at radius 1 is 1.22 bits per heavy atom. The Bertz CT molecular complexity index is 1920. The molecule has 1 aliphatic rings. The maximum Gasteiger partial charge on any atom is 0.431 e. The minimum atomic E-state index is -5.10. The van der Waals surface area contributed by atoms with Crippen LogP contribution in [-0.2, 0) is 6.18 Å². The van der Waals surface area contributed by atoms with Crippen molar-refractivity contribution >= 4 is 21.7 Å². The molecule has 7 nitrogen and oxygen atoms in total. The predicted octanol–water partition coefficient (Wildman–Crippen LogP) is 7.33. The van der Waals surface area contributed by atoms with E-state index in [-0.39, 0.29) is 27.4 Å². The van der Waals surface area contributed by atoms with Crippen molar-refractivity contribution in [3.05, 3.63) is 63.5 Å². The van der Waals surface area contributed by atoms with Gasteiger partial charge < -0.3 is 14.7 Å². The van der Waals surface area contributed by atoms with Crippen molar-refractivity contribution in [1.82, 2.24) is 19.4 Å². The number of ether oxygens (including phenoxy) is 1. The molecule has 4 aromatic rings. The molecule has 0 saturated carbocycles. The minimum Gasteiger partial charge on any atom is -0.508 e. The Morgan fingerprint density at radius 2 is 2.00 bits per heavy atom. The maximum atomic E-state index is 14.9. The number of phenolic OH excluding ortho intramolecular Hbond substituents is 1. The van der Waals surface area contributed by atoms with Crippen molar-refractivity contribution in [2.45, 2.75) is 76.9 Å². The zero-order valence-corrected chi connectivity index (χ0v) is 25.3. The lowest BCUT2D eigenvalue weighted by molar-refractivity contribution is -0.142. The first-order valence-corrected chi connectivity index (χ1v) is 15.0. The third-order valence-electron chi connectivity index (χ3n) is 8.35. The highest BCUT2D eigenvalue weighted by atomic mass is 19.4. The molecule has 1 unspecified atom stereocenters. The molecule has 0 aliphatic carbocycles. The van der Waals surface area contributed by atoms with Gasteiger partial charge in [0.1, 0.15) is 29.3 Å². The molecule has 2 aromatic heterocycles. The summed E-state index contributed by atoms with van der Waals surface area (Å²) in [7, 11) is 1.76. The summed E-state index contributed by atoms with van der Waals surface area (Å²) in [6.45, 7) is 2.20. The SMILES string of the molecule is [2H]C([2H])(Oc1nc(C(C)CCCCCC)c2cc(C(F)(F)F)n(-c3cc(O)cc4ccc(F)c(C#C)c34)c(=O)c2n1)[C@@H]1CCCN1C. The largest absolute Gasteiger partial charge is 0.508 e. The Morgan fingerprint density at radius 3 is 2.67 bits per heavy atom. The standard InChI is InChI=1S/C34H36F4N4O3/c1-5-7-8-9-11-20(3)30-25-18-28(34(36,37)38)42(27-17-23(43)16-21-13-14-26(35)24(6-2)29(21)27)32(44)31(25)40-33(39-30)45-19-22-12-10-15-41(22)4/h2,13-14,16-18,20,22,43H,5,7-12,15,19H2,1,3-4H3/t20?,22-/m0/s1/i19D2. The maximum absolute atomic E-state index is 14.9. The van der Waals surface area contributed by atoms with Gasteiger partial charge in [0.05, 0.1) is 19.7 Å². The molecule has 1 fully saturated rings. The van der Waals surface area contributed by atoms with E-state index in [9.17, 15) is 27.5 Å². The van der Waals surface area contributed by atoms with Gasteiger partial charge in [0, 0.05) is 22.9 Å². The van der Waals surface area contributed by atoms with Gasteiger partial charge in [0.2, 0.25) is 0 Å². The molecular weight excluding hydrogens is 588 g/mol. The van der Waals surface area contributed by atoms with E-state index in [2.05, 4.69) is 22.8 Å². The van der Waals surface area contributed by atoms with Gasteiger partial charge in [0.25, 0.3) is 5.56 Å². The highest BCUT2D eigenvalue weighted by Crippen LogP contribution is 2.38. The van der Waals surface area contributed by atoms with E-state index in [1.165, 1.54) is 12.1 Å². The van der Waals surface area contributed by atoms with Crippen LogP contribution in [0.2, 0.25) is 0 Å². The lowest BCUT2D eigenvalue weighted by Crippen LogP contribution is -2.31. The number of phenols is 1. The van der Waals surface area contributed by atoms with Crippen LogP contribution in [0.1, 0.15) is 84.4 Å². The van der Waals surface area contributed by atoms with Gasteiger partial charge in [-0.1, -0.05) is 51.5 Å². The first kappa shape index (κ1) is 29.5. The number of aromatic hydroxyl groups is 1. The number of likely N-dealkylation sites (N-methyl/N-ethyl adjacent to an activating group) is 1. The second kappa shape index (κ2) is 13.1. The van der Waals surface area contributed by atoms with Crippen LogP contribution >= 0.6 is 0 Å². The summed E-state index contributed by atoms with van der Waals surface area (Å²) in [5.74, 6) is 0.331. The van der Waals surface area contributed by atoms with Crippen LogP contribution in [0.4, 0.5) is 17.6 Å². The van der Waals surface area contributed by atoms with Crippen LogP contribution in [0.3, 0.4) is 0 Å². The monoisotopic (exact) mass is 626 g/mol. The number of fused-ring (bicyclic) bond motifs is 2. The van der Waals surface area contributed by atoms with Crippen molar-refractivity contribution in [2.24, 2.45) is 0 Å². The quantitative estimate of drug-likeness (QED) is 0.113. The third-order valence-corrected chi connectivity index (χ3v) is 8.35. The van der Waals surface area contributed by atoms with E-state index in [4.69, 9.17) is 13.9 Å². The normalized spacial score (nSPS) is 17.3. The molecule has 2 atom stereocenters. The molecule has 0 amide bonds. The van der Waals surface area contributed by atoms with Gasteiger partial charge in [0.15, 0.2) is 0 Å². The van der Waals surface area contributed by atoms with Crippen LogP contribution in [-0.4, -0.2) is 50.7 Å². The number of likely N-dealkylation sites (tertiary alicyclic amines) is 1. The minimum absolute atomic E-state index is 0.108. The number of nitrogens with zero attached hydrogens (tertiary/aromatic N) is 4. The fraction of sp³-hybridized carbons (Fsp3) is 0.441. The molecule has 5 rings (SSSR count). The molecular formula is C34H36F4N4O3. The van der Waals surface area contributed by atoms with E-state index < -0.39 is 64.7 Å². The zero-order chi connectivity index (χ0) is 34.3. The van der Waals surface area contributed by atoms with E-state index in [0.29, 0.717) is 24.0 Å². The first-order valence-electron chi connectivity index (χ1n) is 16.0. The van der Waals surface area contributed by atoms with Crippen molar-refractivity contribution in [3.8, 4) is 29.8 Å². The fourth-order valence-corrected chi connectivity index (χ4v) is 5.97. The molecule has 1 aliphatic heterocycles. The molecule has 2 aromatic carbocycles. The number of aromatic nitrogens is 3. The van der Waals surface area contributed by atoms with Crippen molar-refractivity contribution in [3.63, 3.8) is 0 Å². The second-order valence-corrected chi connectivity index (χ2v) is 11.6. The van der Waals surface area contributed by atoms with Gasteiger partial charge in [-0.25, -0.2) is 4.39 Å². The van der Waals surface area contributed by atoms with Crippen LogP contribution in [0, 0.1) is 18.2 Å². The summed E-state index contributed by atoms with van der Waals surface area (Å²) < 4.78 is 82.9. The van der Waals surface area contributed by atoms with Crippen molar-refractivity contribution in [1.29, 1.82) is 0 Å². The lowest BCUT2D eigenvalue weighted by atomic mass is 9.96. The number of rotatable bonds is 10. The smallest absolute Gasteiger partial charge is 0.431 e. The van der Waals surface area contributed by atoms with E-state index in [1.54, 1.807) is 18.9 Å². The Labute approximate surface area is 261 Å². The number of halogens is 4. The molecule has 0 radical (unpaired) electrons. The summed E-state index contributed by atoms with van der Waals surface area (Å²) in [5.41, 5.74) is -3.88. The zero-order valence-electron chi connectivity index (χ0n) is 27.3. The van der Waals surface area contributed by atoms with E-state index >= 15 is 0 Å². The number of benzene rings is 2.